The maximum absolute atomic E-state index is 4.40. The second-order valence-electron chi connectivity index (χ2n) is 5.37. The van der Waals surface area contributed by atoms with Crippen LogP contribution in [0.15, 0.2) is 29.3 Å². The molecule has 0 amide bonds. The zero-order valence-electron chi connectivity index (χ0n) is 12.8. The lowest BCUT2D eigenvalue weighted by atomic mass is 10.1. The lowest BCUT2D eigenvalue weighted by Gasteiger charge is -2.18. The molecule has 20 heavy (non-hydrogen) atoms. The van der Waals surface area contributed by atoms with Crippen LogP contribution in [0.5, 0.6) is 0 Å². The smallest absolute Gasteiger partial charge is 0.191 e. The van der Waals surface area contributed by atoms with Crippen molar-refractivity contribution in [2.45, 2.75) is 39.9 Å². The van der Waals surface area contributed by atoms with E-state index in [0.717, 1.165) is 38.7 Å². The van der Waals surface area contributed by atoms with E-state index in [4.69, 9.17) is 0 Å². The monoisotopic (exact) mass is 274 g/mol. The van der Waals surface area contributed by atoms with Crippen molar-refractivity contribution in [1.82, 2.24) is 15.5 Å². The minimum Gasteiger partial charge on any atom is -0.352 e. The predicted molar refractivity (Wildman–Crippen MR) is 84.8 cm³/mol. The molecule has 1 aromatic carbocycles. The molecular weight excluding hydrogens is 248 g/mol. The van der Waals surface area contributed by atoms with Crippen molar-refractivity contribution in [3.8, 4) is 0 Å². The Labute approximate surface area is 122 Å². The van der Waals surface area contributed by atoms with Gasteiger partial charge in [-0.15, -0.1) is 0 Å². The Morgan fingerprint density at radius 1 is 1.20 bits per heavy atom. The van der Waals surface area contributed by atoms with E-state index in [1.165, 1.54) is 11.1 Å². The highest BCUT2D eigenvalue weighted by Gasteiger charge is 2.11. The molecule has 0 aliphatic carbocycles. The van der Waals surface area contributed by atoms with Crippen molar-refractivity contribution >= 4 is 5.96 Å². The van der Waals surface area contributed by atoms with Gasteiger partial charge in [0, 0.05) is 19.1 Å². The van der Waals surface area contributed by atoms with Gasteiger partial charge in [0.15, 0.2) is 5.96 Å². The highest BCUT2D eigenvalue weighted by Crippen LogP contribution is 2.07. The minimum atomic E-state index is 0.453. The van der Waals surface area contributed by atoms with Crippen molar-refractivity contribution in [3.63, 3.8) is 0 Å². The first-order valence-electron chi connectivity index (χ1n) is 7.56. The Morgan fingerprint density at radius 2 is 1.85 bits per heavy atom. The minimum absolute atomic E-state index is 0.453. The van der Waals surface area contributed by atoms with E-state index in [1.54, 1.807) is 0 Å². The van der Waals surface area contributed by atoms with Crippen LogP contribution in [-0.2, 0) is 13.1 Å². The summed E-state index contributed by atoms with van der Waals surface area (Å²) in [5, 5.41) is 6.65. The molecule has 4 heteroatoms. The van der Waals surface area contributed by atoms with Crippen LogP contribution < -0.4 is 10.6 Å². The summed E-state index contributed by atoms with van der Waals surface area (Å²) in [6.45, 7) is 11.5. The third-order valence-corrected chi connectivity index (χ3v) is 3.69. The fourth-order valence-corrected chi connectivity index (χ4v) is 2.31. The van der Waals surface area contributed by atoms with E-state index in [-0.39, 0.29) is 0 Å². The molecule has 0 spiro atoms. The molecule has 2 N–H and O–H groups in total. The van der Waals surface area contributed by atoms with Crippen LogP contribution in [0.4, 0.5) is 0 Å². The molecular formula is C16H26N4. The van der Waals surface area contributed by atoms with Crippen molar-refractivity contribution in [1.29, 1.82) is 0 Å². The summed E-state index contributed by atoms with van der Waals surface area (Å²) < 4.78 is 0. The molecule has 110 valence electrons. The maximum atomic E-state index is 4.40. The van der Waals surface area contributed by atoms with Crippen LogP contribution in [0, 0.1) is 0 Å². The van der Waals surface area contributed by atoms with Gasteiger partial charge < -0.3 is 10.6 Å². The Morgan fingerprint density at radius 3 is 2.40 bits per heavy atom. The second-order valence-corrected chi connectivity index (χ2v) is 5.37. The Bertz CT molecular complexity index is 434. The quantitative estimate of drug-likeness (QED) is 0.833. The van der Waals surface area contributed by atoms with E-state index in [0.29, 0.717) is 6.04 Å². The molecule has 4 nitrogen and oxygen atoms in total. The summed E-state index contributed by atoms with van der Waals surface area (Å²) >= 11 is 0. The zero-order chi connectivity index (χ0) is 14.4. The van der Waals surface area contributed by atoms with E-state index in [9.17, 15) is 0 Å². The van der Waals surface area contributed by atoms with Gasteiger partial charge in [0.05, 0.1) is 6.54 Å². The highest BCUT2D eigenvalue weighted by atomic mass is 15.2. The fourth-order valence-electron chi connectivity index (χ4n) is 2.31. The maximum Gasteiger partial charge on any atom is 0.191 e. The SMILES string of the molecule is CCN(CC)Cc1ccc(CNC2=NCC(C)N2)cc1. The number of hydrogen-bond donors (Lipinski definition) is 2. The van der Waals surface area contributed by atoms with E-state index >= 15 is 0 Å². The lowest BCUT2D eigenvalue weighted by molar-refractivity contribution is 0.296. The van der Waals surface area contributed by atoms with Crippen LogP contribution in [0.25, 0.3) is 0 Å². The number of aliphatic imine (C=N–C) groups is 1. The van der Waals surface area contributed by atoms with Crippen LogP contribution in [0.3, 0.4) is 0 Å². The number of guanidine groups is 1. The summed E-state index contributed by atoms with van der Waals surface area (Å²) in [5.41, 5.74) is 2.67. The molecule has 0 saturated carbocycles. The van der Waals surface area contributed by atoms with Crippen molar-refractivity contribution in [2.75, 3.05) is 19.6 Å². The van der Waals surface area contributed by atoms with Gasteiger partial charge in [-0.1, -0.05) is 38.1 Å². The normalized spacial score (nSPS) is 18.0. The Kier molecular flexibility index (Phi) is 5.41. The average Bonchev–Trinajstić information content (AvgIpc) is 2.89. The van der Waals surface area contributed by atoms with Crippen molar-refractivity contribution in [2.24, 2.45) is 4.99 Å². The van der Waals surface area contributed by atoms with Gasteiger partial charge in [-0.2, -0.15) is 0 Å². The van der Waals surface area contributed by atoms with E-state index in [1.807, 2.05) is 0 Å². The van der Waals surface area contributed by atoms with Crippen LogP contribution in [-0.4, -0.2) is 36.5 Å². The summed E-state index contributed by atoms with van der Waals surface area (Å²) in [7, 11) is 0. The average molecular weight is 274 g/mol. The van der Waals surface area contributed by atoms with E-state index < -0.39 is 0 Å². The molecule has 1 aliphatic rings. The standard InChI is InChI=1S/C16H26N4/c1-4-20(5-2)12-15-8-6-14(7-9-15)11-18-16-17-10-13(3)19-16/h6-9,13H,4-5,10-12H2,1-3H3,(H2,17,18,19). The first kappa shape index (κ1) is 14.9. The first-order valence-corrected chi connectivity index (χ1v) is 7.56. The van der Waals surface area contributed by atoms with Gasteiger partial charge in [-0.05, 0) is 31.1 Å². The molecule has 1 aliphatic heterocycles. The van der Waals surface area contributed by atoms with Crippen molar-refractivity contribution < 1.29 is 0 Å². The predicted octanol–water partition coefficient (Wildman–Crippen LogP) is 1.97. The molecule has 1 atom stereocenters. The summed E-state index contributed by atoms with van der Waals surface area (Å²) in [5.74, 6) is 0.921. The third kappa shape index (κ3) is 4.23. The highest BCUT2D eigenvalue weighted by molar-refractivity contribution is 5.81. The molecule has 1 aromatic rings. The molecule has 0 aromatic heterocycles. The number of hydrogen-bond acceptors (Lipinski definition) is 4. The zero-order valence-corrected chi connectivity index (χ0v) is 12.8. The summed E-state index contributed by atoms with van der Waals surface area (Å²) in [6, 6.07) is 9.30. The Balaban J connectivity index is 1.82. The largest absolute Gasteiger partial charge is 0.352 e. The van der Waals surface area contributed by atoms with Gasteiger partial charge in [0.2, 0.25) is 0 Å². The number of nitrogens with zero attached hydrogens (tertiary/aromatic N) is 2. The molecule has 0 saturated heterocycles. The molecule has 1 heterocycles. The topological polar surface area (TPSA) is 39.7 Å². The molecule has 0 bridgehead atoms. The molecule has 0 fully saturated rings. The van der Waals surface area contributed by atoms with Crippen LogP contribution >= 0.6 is 0 Å². The number of benzene rings is 1. The fraction of sp³-hybridized carbons (Fsp3) is 0.562. The van der Waals surface area contributed by atoms with Gasteiger partial charge in [-0.25, -0.2) is 0 Å². The van der Waals surface area contributed by atoms with E-state index in [2.05, 4.69) is 65.6 Å². The van der Waals surface area contributed by atoms with Gasteiger partial charge in [-0.3, -0.25) is 9.89 Å². The first-order chi connectivity index (χ1) is 9.71. The van der Waals surface area contributed by atoms with Gasteiger partial charge in [0.1, 0.15) is 0 Å². The van der Waals surface area contributed by atoms with Gasteiger partial charge in [0.25, 0.3) is 0 Å². The van der Waals surface area contributed by atoms with Crippen molar-refractivity contribution in [3.05, 3.63) is 35.4 Å². The second kappa shape index (κ2) is 7.29. The Hall–Kier alpha value is -1.55. The summed E-state index contributed by atoms with van der Waals surface area (Å²) in [4.78, 5) is 6.82. The molecule has 0 radical (unpaired) electrons. The molecule has 1 unspecified atom stereocenters. The number of rotatable bonds is 6. The lowest BCUT2D eigenvalue weighted by Crippen LogP contribution is -2.37. The van der Waals surface area contributed by atoms with Gasteiger partial charge >= 0.3 is 0 Å². The van der Waals surface area contributed by atoms with Crippen LogP contribution in [0.2, 0.25) is 0 Å². The summed E-state index contributed by atoms with van der Waals surface area (Å²) in [6.07, 6.45) is 0. The third-order valence-electron chi connectivity index (χ3n) is 3.69. The van der Waals surface area contributed by atoms with Crippen LogP contribution in [0.1, 0.15) is 31.9 Å². The number of nitrogens with one attached hydrogen (secondary N) is 2. The molecule has 2 rings (SSSR count).